The number of carbonyl (C=O) groups excluding carboxylic acids is 1. The summed E-state index contributed by atoms with van der Waals surface area (Å²) in [5, 5.41) is 23.2. The third kappa shape index (κ3) is 7.53. The van der Waals surface area contributed by atoms with E-state index in [0.717, 1.165) is 52.7 Å². The second kappa shape index (κ2) is 12.9. The summed E-state index contributed by atoms with van der Waals surface area (Å²) in [5.74, 6) is 0.228. The van der Waals surface area contributed by atoms with Gasteiger partial charge in [-0.05, 0) is 49.4 Å². The zero-order valence-corrected chi connectivity index (χ0v) is 23.6. The number of aromatic nitrogens is 3. The molecule has 2 N–H and O–H groups in total. The molecule has 7 nitrogen and oxygen atoms in total. The van der Waals surface area contributed by atoms with Gasteiger partial charge in [-0.15, -0.1) is 15.0 Å². The van der Waals surface area contributed by atoms with Crippen molar-refractivity contribution in [3.8, 4) is 11.4 Å². The summed E-state index contributed by atoms with van der Waals surface area (Å²) in [6.45, 7) is 18.6. The SMILES string of the molecule is CC.CC[N+](C)(CC)CCCNC(=O)CCc1cc(-n2nc3ccccc3n2)c(O)c(C(C)(C)C)c1. The number of amides is 1. The molecule has 0 radical (unpaired) electrons. The van der Waals surface area contributed by atoms with Crippen molar-refractivity contribution in [3.63, 3.8) is 0 Å². The Balaban J connectivity index is 0.00000222. The maximum absolute atomic E-state index is 12.5. The molecule has 0 atom stereocenters. The summed E-state index contributed by atoms with van der Waals surface area (Å²) in [5.41, 5.74) is 3.60. The molecule has 3 rings (SSSR count). The minimum Gasteiger partial charge on any atom is -0.505 e. The predicted octanol–water partition coefficient (Wildman–Crippen LogP) is 5.38. The number of carbonyl (C=O) groups is 1. The summed E-state index contributed by atoms with van der Waals surface area (Å²) in [7, 11) is 2.26. The molecule has 0 aliphatic carbocycles. The van der Waals surface area contributed by atoms with Crippen molar-refractivity contribution < 1.29 is 14.4 Å². The molecule has 0 aliphatic heterocycles. The van der Waals surface area contributed by atoms with Crippen LogP contribution in [0, 0.1) is 0 Å². The van der Waals surface area contributed by atoms with Gasteiger partial charge in [-0.25, -0.2) is 0 Å². The van der Waals surface area contributed by atoms with Crippen LogP contribution in [0.15, 0.2) is 36.4 Å². The number of hydrogen-bond acceptors (Lipinski definition) is 4. The maximum atomic E-state index is 12.5. The number of fused-ring (bicyclic) bond motifs is 1. The summed E-state index contributed by atoms with van der Waals surface area (Å²) >= 11 is 0. The van der Waals surface area contributed by atoms with E-state index >= 15 is 0 Å². The summed E-state index contributed by atoms with van der Waals surface area (Å²) in [6, 6.07) is 11.5. The van der Waals surface area contributed by atoms with Crippen LogP contribution in [0.2, 0.25) is 0 Å². The minimum absolute atomic E-state index is 0.0529. The molecule has 3 aromatic rings. The quantitative estimate of drug-likeness (QED) is 0.292. The lowest BCUT2D eigenvalue weighted by Gasteiger charge is -2.32. The molecule has 0 bridgehead atoms. The number of benzene rings is 2. The minimum atomic E-state index is -0.271. The predicted molar refractivity (Wildman–Crippen MR) is 149 cm³/mol. The van der Waals surface area contributed by atoms with Crippen LogP contribution in [0.25, 0.3) is 16.7 Å². The van der Waals surface area contributed by atoms with Gasteiger partial charge < -0.3 is 14.9 Å². The lowest BCUT2D eigenvalue weighted by Crippen LogP contribution is -2.45. The molecule has 198 valence electrons. The van der Waals surface area contributed by atoms with Gasteiger partial charge in [0.05, 0.1) is 26.7 Å². The third-order valence-corrected chi connectivity index (χ3v) is 6.82. The highest BCUT2D eigenvalue weighted by atomic mass is 16.3. The van der Waals surface area contributed by atoms with E-state index in [1.54, 1.807) is 0 Å². The van der Waals surface area contributed by atoms with Crippen molar-refractivity contribution in [2.75, 3.05) is 33.2 Å². The Kier molecular flexibility index (Phi) is 10.5. The Labute approximate surface area is 217 Å². The van der Waals surface area contributed by atoms with E-state index in [4.69, 9.17) is 0 Å². The van der Waals surface area contributed by atoms with E-state index in [2.05, 4.69) is 57.2 Å². The molecular weight excluding hydrogens is 450 g/mol. The van der Waals surface area contributed by atoms with Crippen molar-refractivity contribution in [1.82, 2.24) is 20.3 Å². The largest absolute Gasteiger partial charge is 0.505 e. The van der Waals surface area contributed by atoms with Gasteiger partial charge in [0.15, 0.2) is 0 Å². The molecule has 2 aromatic carbocycles. The van der Waals surface area contributed by atoms with E-state index in [9.17, 15) is 9.90 Å². The summed E-state index contributed by atoms with van der Waals surface area (Å²) in [4.78, 5) is 14.0. The topological polar surface area (TPSA) is 80.0 Å². The van der Waals surface area contributed by atoms with E-state index in [-0.39, 0.29) is 17.1 Å². The Morgan fingerprint density at radius 2 is 1.64 bits per heavy atom. The van der Waals surface area contributed by atoms with Crippen LogP contribution in [0.5, 0.6) is 5.75 Å². The molecule has 0 saturated heterocycles. The van der Waals surface area contributed by atoms with E-state index in [1.807, 2.05) is 50.2 Å². The van der Waals surface area contributed by atoms with Gasteiger partial charge in [0, 0.05) is 24.9 Å². The van der Waals surface area contributed by atoms with Crippen LogP contribution in [0.3, 0.4) is 0 Å². The van der Waals surface area contributed by atoms with Crippen LogP contribution in [-0.2, 0) is 16.6 Å². The Bertz CT molecular complexity index is 1090. The van der Waals surface area contributed by atoms with E-state index in [0.29, 0.717) is 25.1 Å². The second-order valence-corrected chi connectivity index (χ2v) is 10.4. The molecule has 36 heavy (non-hydrogen) atoms. The maximum Gasteiger partial charge on any atom is 0.220 e. The van der Waals surface area contributed by atoms with Crippen molar-refractivity contribution in [2.45, 2.75) is 73.1 Å². The summed E-state index contributed by atoms with van der Waals surface area (Å²) < 4.78 is 1.03. The number of aromatic hydroxyl groups is 1. The molecular formula is C29H46N5O2+. The first-order valence-electron chi connectivity index (χ1n) is 13.4. The number of nitrogens with zero attached hydrogens (tertiary/aromatic N) is 4. The summed E-state index contributed by atoms with van der Waals surface area (Å²) in [6.07, 6.45) is 1.96. The fourth-order valence-corrected chi connectivity index (χ4v) is 4.09. The zero-order valence-electron chi connectivity index (χ0n) is 23.6. The first-order valence-corrected chi connectivity index (χ1v) is 13.4. The normalized spacial score (nSPS) is 11.8. The Morgan fingerprint density at radius 1 is 1.06 bits per heavy atom. The molecule has 1 heterocycles. The van der Waals surface area contributed by atoms with Gasteiger partial charge in [-0.3, -0.25) is 4.79 Å². The van der Waals surface area contributed by atoms with Crippen molar-refractivity contribution in [2.24, 2.45) is 0 Å². The average Bonchev–Trinajstić information content (AvgIpc) is 3.30. The number of nitrogens with one attached hydrogen (secondary N) is 1. The Morgan fingerprint density at radius 3 is 2.17 bits per heavy atom. The number of phenols is 1. The van der Waals surface area contributed by atoms with Gasteiger partial charge in [0.25, 0.3) is 0 Å². The van der Waals surface area contributed by atoms with E-state index in [1.165, 1.54) is 4.80 Å². The van der Waals surface area contributed by atoms with Crippen molar-refractivity contribution in [3.05, 3.63) is 47.5 Å². The number of aryl methyl sites for hydroxylation is 1. The van der Waals surface area contributed by atoms with Crippen LogP contribution in [-0.4, -0.2) is 63.7 Å². The number of hydrogen-bond donors (Lipinski definition) is 2. The smallest absolute Gasteiger partial charge is 0.220 e. The molecule has 7 heteroatoms. The van der Waals surface area contributed by atoms with Crippen LogP contribution < -0.4 is 5.32 Å². The highest BCUT2D eigenvalue weighted by Gasteiger charge is 2.23. The van der Waals surface area contributed by atoms with Crippen molar-refractivity contribution in [1.29, 1.82) is 0 Å². The molecule has 1 amide bonds. The second-order valence-electron chi connectivity index (χ2n) is 10.4. The number of quaternary nitrogens is 1. The van der Waals surface area contributed by atoms with Gasteiger partial charge in [0.2, 0.25) is 5.91 Å². The number of phenolic OH excluding ortho intramolecular Hbond substituents is 1. The highest BCUT2D eigenvalue weighted by molar-refractivity contribution is 5.76. The fraction of sp³-hybridized carbons (Fsp3) is 0.552. The van der Waals surface area contributed by atoms with Crippen LogP contribution in [0.1, 0.15) is 72.4 Å². The molecule has 0 saturated carbocycles. The zero-order chi connectivity index (χ0) is 26.9. The van der Waals surface area contributed by atoms with Crippen LogP contribution in [0.4, 0.5) is 0 Å². The van der Waals surface area contributed by atoms with E-state index < -0.39 is 0 Å². The number of rotatable bonds is 10. The van der Waals surface area contributed by atoms with Gasteiger partial charge in [-0.2, -0.15) is 0 Å². The third-order valence-electron chi connectivity index (χ3n) is 6.82. The average molecular weight is 497 g/mol. The Hall–Kier alpha value is -2.93. The molecule has 0 aliphatic rings. The van der Waals surface area contributed by atoms with Crippen molar-refractivity contribution >= 4 is 16.9 Å². The fourth-order valence-electron chi connectivity index (χ4n) is 4.09. The lowest BCUT2D eigenvalue weighted by molar-refractivity contribution is -0.906. The first-order chi connectivity index (χ1) is 17.1. The molecule has 0 unspecified atom stereocenters. The standard InChI is InChI=1S/C27H39N5O2.C2H6/c1-7-32(6,8-2)17-11-16-28-25(33)15-14-20-18-21(27(3,4)5)26(34)24(19-20)31-29-22-12-9-10-13-23(22)30-31;1-2/h9-10,12-13,18-19H,7-8,11,14-17H2,1-6H3,(H-,28,33,34);1-2H3/p+1. The lowest BCUT2D eigenvalue weighted by atomic mass is 9.84. The first kappa shape index (κ1) is 29.3. The monoisotopic (exact) mass is 496 g/mol. The molecule has 1 aromatic heterocycles. The molecule has 0 fully saturated rings. The van der Waals surface area contributed by atoms with Gasteiger partial charge in [-0.1, -0.05) is 52.8 Å². The highest BCUT2D eigenvalue weighted by Crippen LogP contribution is 2.36. The van der Waals surface area contributed by atoms with Gasteiger partial charge in [0.1, 0.15) is 22.5 Å². The van der Waals surface area contributed by atoms with Gasteiger partial charge >= 0.3 is 0 Å². The molecule has 0 spiro atoms. The van der Waals surface area contributed by atoms with Crippen LogP contribution >= 0.6 is 0 Å².